The molecule has 5 nitrogen and oxygen atoms in total. The SMILES string of the molecule is COc1cccc(C(=O)NCCc2cn(C)c3ccc(O)cc23)c1. The van der Waals surface area contributed by atoms with Gasteiger partial charge in [-0.1, -0.05) is 6.07 Å². The highest BCUT2D eigenvalue weighted by molar-refractivity contribution is 5.94. The molecule has 124 valence electrons. The van der Waals surface area contributed by atoms with Crippen LogP contribution in [0.5, 0.6) is 11.5 Å². The molecule has 0 fully saturated rings. The number of benzene rings is 2. The Morgan fingerprint density at radius 2 is 2.08 bits per heavy atom. The topological polar surface area (TPSA) is 63.5 Å². The van der Waals surface area contributed by atoms with Crippen LogP contribution in [0, 0.1) is 0 Å². The van der Waals surface area contributed by atoms with E-state index in [4.69, 9.17) is 4.74 Å². The second kappa shape index (κ2) is 6.66. The largest absolute Gasteiger partial charge is 0.508 e. The summed E-state index contributed by atoms with van der Waals surface area (Å²) in [5, 5.41) is 13.6. The van der Waals surface area contributed by atoms with Gasteiger partial charge in [-0.05, 0) is 48.4 Å². The minimum atomic E-state index is -0.128. The highest BCUT2D eigenvalue weighted by Crippen LogP contribution is 2.25. The van der Waals surface area contributed by atoms with Crippen molar-refractivity contribution in [3.63, 3.8) is 0 Å². The van der Waals surface area contributed by atoms with Crippen LogP contribution in [0.25, 0.3) is 10.9 Å². The third kappa shape index (κ3) is 3.20. The molecule has 1 aromatic heterocycles. The Hall–Kier alpha value is -2.95. The molecule has 0 aliphatic heterocycles. The average molecular weight is 324 g/mol. The van der Waals surface area contributed by atoms with Gasteiger partial charge < -0.3 is 19.7 Å². The number of nitrogens with zero attached hydrogens (tertiary/aromatic N) is 1. The Morgan fingerprint density at radius 1 is 1.25 bits per heavy atom. The van der Waals surface area contributed by atoms with Crippen LogP contribution in [-0.2, 0) is 13.5 Å². The molecule has 0 aliphatic carbocycles. The van der Waals surface area contributed by atoms with Crippen molar-refractivity contribution in [3.05, 3.63) is 59.8 Å². The summed E-state index contributed by atoms with van der Waals surface area (Å²) in [6, 6.07) is 12.4. The van der Waals surface area contributed by atoms with Crippen LogP contribution in [0.1, 0.15) is 15.9 Å². The van der Waals surface area contributed by atoms with Gasteiger partial charge in [0.05, 0.1) is 7.11 Å². The van der Waals surface area contributed by atoms with Crippen LogP contribution in [0.4, 0.5) is 0 Å². The van der Waals surface area contributed by atoms with Crippen molar-refractivity contribution in [2.45, 2.75) is 6.42 Å². The number of hydrogen-bond acceptors (Lipinski definition) is 3. The minimum absolute atomic E-state index is 0.128. The average Bonchev–Trinajstić information content (AvgIpc) is 2.90. The first kappa shape index (κ1) is 15.9. The number of methoxy groups -OCH3 is 1. The Kier molecular flexibility index (Phi) is 4.42. The number of aromatic nitrogens is 1. The maximum absolute atomic E-state index is 12.2. The molecular weight excluding hydrogens is 304 g/mol. The van der Waals surface area contributed by atoms with Gasteiger partial charge in [0.15, 0.2) is 0 Å². The number of aryl methyl sites for hydroxylation is 1. The number of ether oxygens (including phenoxy) is 1. The van der Waals surface area contributed by atoms with E-state index in [2.05, 4.69) is 5.32 Å². The summed E-state index contributed by atoms with van der Waals surface area (Å²) in [7, 11) is 3.55. The van der Waals surface area contributed by atoms with E-state index >= 15 is 0 Å². The number of rotatable bonds is 5. The van der Waals surface area contributed by atoms with Crippen molar-refractivity contribution in [2.24, 2.45) is 7.05 Å². The molecule has 2 N–H and O–H groups in total. The van der Waals surface area contributed by atoms with E-state index in [-0.39, 0.29) is 11.7 Å². The summed E-state index contributed by atoms with van der Waals surface area (Å²) >= 11 is 0. The van der Waals surface area contributed by atoms with E-state index < -0.39 is 0 Å². The Balaban J connectivity index is 1.68. The highest BCUT2D eigenvalue weighted by Gasteiger charge is 2.09. The maximum Gasteiger partial charge on any atom is 0.251 e. The van der Waals surface area contributed by atoms with Gasteiger partial charge in [-0.2, -0.15) is 0 Å². The third-order valence-corrected chi connectivity index (χ3v) is 4.07. The number of phenolic OH excluding ortho intramolecular Hbond substituents is 1. The molecule has 0 unspecified atom stereocenters. The van der Waals surface area contributed by atoms with Crippen LogP contribution in [0.3, 0.4) is 0 Å². The molecule has 5 heteroatoms. The fraction of sp³-hybridized carbons (Fsp3) is 0.211. The molecule has 3 aromatic rings. The van der Waals surface area contributed by atoms with Gasteiger partial charge in [0, 0.05) is 36.3 Å². The number of hydrogen-bond donors (Lipinski definition) is 2. The normalized spacial score (nSPS) is 10.8. The molecule has 0 bridgehead atoms. The summed E-state index contributed by atoms with van der Waals surface area (Å²) in [6.07, 6.45) is 2.72. The lowest BCUT2D eigenvalue weighted by Gasteiger charge is -2.06. The first-order valence-electron chi connectivity index (χ1n) is 7.77. The van der Waals surface area contributed by atoms with Crippen LogP contribution in [0.15, 0.2) is 48.7 Å². The Labute approximate surface area is 140 Å². The Morgan fingerprint density at radius 3 is 2.88 bits per heavy atom. The van der Waals surface area contributed by atoms with Crippen molar-refractivity contribution in [1.82, 2.24) is 9.88 Å². The van der Waals surface area contributed by atoms with Gasteiger partial charge in [0.2, 0.25) is 0 Å². The van der Waals surface area contributed by atoms with Gasteiger partial charge in [-0.25, -0.2) is 0 Å². The number of carbonyl (C=O) groups excluding carboxylic acids is 1. The van der Waals surface area contributed by atoms with E-state index in [0.717, 1.165) is 16.5 Å². The number of aromatic hydroxyl groups is 1. The summed E-state index contributed by atoms with van der Waals surface area (Å²) in [4.78, 5) is 12.2. The summed E-state index contributed by atoms with van der Waals surface area (Å²) in [6.45, 7) is 0.519. The number of amides is 1. The lowest BCUT2D eigenvalue weighted by Crippen LogP contribution is -2.25. The van der Waals surface area contributed by atoms with Gasteiger partial charge >= 0.3 is 0 Å². The summed E-state index contributed by atoms with van der Waals surface area (Å²) in [5.74, 6) is 0.777. The van der Waals surface area contributed by atoms with E-state index in [1.54, 1.807) is 43.5 Å². The van der Waals surface area contributed by atoms with E-state index in [1.807, 2.05) is 23.9 Å². The van der Waals surface area contributed by atoms with Crippen LogP contribution >= 0.6 is 0 Å². The molecule has 0 saturated carbocycles. The molecule has 1 amide bonds. The lowest BCUT2D eigenvalue weighted by atomic mass is 10.1. The first-order valence-corrected chi connectivity index (χ1v) is 7.77. The van der Waals surface area contributed by atoms with E-state index in [0.29, 0.717) is 24.3 Å². The van der Waals surface area contributed by atoms with Gasteiger partial charge in [0.1, 0.15) is 11.5 Å². The van der Waals surface area contributed by atoms with Crippen molar-refractivity contribution < 1.29 is 14.6 Å². The number of carbonyl (C=O) groups is 1. The molecule has 1 heterocycles. The van der Waals surface area contributed by atoms with Crippen molar-refractivity contribution >= 4 is 16.8 Å². The molecule has 0 atom stereocenters. The smallest absolute Gasteiger partial charge is 0.251 e. The first-order chi connectivity index (χ1) is 11.6. The van der Waals surface area contributed by atoms with Crippen LogP contribution in [0.2, 0.25) is 0 Å². The molecule has 3 rings (SSSR count). The van der Waals surface area contributed by atoms with Crippen molar-refractivity contribution in [2.75, 3.05) is 13.7 Å². The lowest BCUT2D eigenvalue weighted by molar-refractivity contribution is 0.0954. The molecule has 0 saturated heterocycles. The predicted octanol–water partition coefficient (Wildman–Crippen LogP) is 2.87. The zero-order chi connectivity index (χ0) is 17.1. The van der Waals surface area contributed by atoms with Gasteiger partial charge in [0.25, 0.3) is 5.91 Å². The number of phenols is 1. The minimum Gasteiger partial charge on any atom is -0.508 e. The number of nitrogens with one attached hydrogen (secondary N) is 1. The molecular formula is C19H20N2O3. The van der Waals surface area contributed by atoms with E-state index in [9.17, 15) is 9.90 Å². The third-order valence-electron chi connectivity index (χ3n) is 4.07. The summed E-state index contributed by atoms with van der Waals surface area (Å²) in [5.41, 5.74) is 2.72. The van der Waals surface area contributed by atoms with Gasteiger partial charge in [-0.15, -0.1) is 0 Å². The second-order valence-corrected chi connectivity index (χ2v) is 5.70. The summed E-state index contributed by atoms with van der Waals surface area (Å²) < 4.78 is 7.16. The van der Waals surface area contributed by atoms with Crippen LogP contribution in [-0.4, -0.2) is 29.2 Å². The molecule has 0 spiro atoms. The fourth-order valence-corrected chi connectivity index (χ4v) is 2.84. The molecule has 2 aromatic carbocycles. The maximum atomic E-state index is 12.2. The Bertz CT molecular complexity index is 883. The highest BCUT2D eigenvalue weighted by atomic mass is 16.5. The van der Waals surface area contributed by atoms with Gasteiger partial charge in [-0.3, -0.25) is 4.79 Å². The molecule has 0 aliphatic rings. The second-order valence-electron chi connectivity index (χ2n) is 5.70. The fourth-order valence-electron chi connectivity index (χ4n) is 2.84. The molecule has 24 heavy (non-hydrogen) atoms. The van der Waals surface area contributed by atoms with Crippen molar-refractivity contribution in [1.29, 1.82) is 0 Å². The van der Waals surface area contributed by atoms with Crippen LogP contribution < -0.4 is 10.1 Å². The predicted molar refractivity (Wildman–Crippen MR) is 93.6 cm³/mol. The number of fused-ring (bicyclic) bond motifs is 1. The van der Waals surface area contributed by atoms with Crippen molar-refractivity contribution in [3.8, 4) is 11.5 Å². The quantitative estimate of drug-likeness (QED) is 0.758. The zero-order valence-corrected chi connectivity index (χ0v) is 13.7. The monoisotopic (exact) mass is 324 g/mol. The standard InChI is InChI=1S/C19H20N2O3/c1-21-12-14(17-11-15(22)6-7-18(17)21)8-9-20-19(23)13-4-3-5-16(10-13)24-2/h3-7,10-12,22H,8-9H2,1-2H3,(H,20,23). The zero-order valence-electron chi connectivity index (χ0n) is 13.7. The van der Waals surface area contributed by atoms with E-state index in [1.165, 1.54) is 0 Å². The molecule has 0 radical (unpaired) electrons.